The topological polar surface area (TPSA) is 60.4 Å². The standard InChI is InChI=1S/C18H14BrN3O2/c19-13-6-7-14-15(10-13)21(11-12-4-2-1-3-5-12)18(24)17(14)22-9-8-16(23)20-22/h1-7,10H,8-9,11H2. The summed E-state index contributed by atoms with van der Waals surface area (Å²) in [5, 5.41) is 17.8. The highest BCUT2D eigenvalue weighted by Crippen LogP contribution is 2.39. The molecule has 0 atom stereocenters. The van der Waals surface area contributed by atoms with Gasteiger partial charge in [0, 0.05) is 22.0 Å². The van der Waals surface area contributed by atoms with Gasteiger partial charge in [-0.05, 0) is 23.8 Å². The molecule has 1 aromatic heterocycles. The van der Waals surface area contributed by atoms with E-state index < -0.39 is 0 Å². The molecule has 6 heteroatoms. The Morgan fingerprint density at radius 1 is 1.21 bits per heavy atom. The number of rotatable bonds is 3. The summed E-state index contributed by atoms with van der Waals surface area (Å²) in [6.45, 7) is 0.934. The minimum absolute atomic E-state index is 0.120. The molecule has 2 aromatic carbocycles. The smallest absolute Gasteiger partial charge is 0.315 e. The molecule has 0 unspecified atom stereocenters. The molecule has 0 saturated heterocycles. The number of fused-ring (bicyclic) bond motifs is 1. The molecule has 0 fully saturated rings. The van der Waals surface area contributed by atoms with Crippen molar-refractivity contribution in [3.05, 3.63) is 58.6 Å². The fourth-order valence-electron chi connectivity index (χ4n) is 3.05. The van der Waals surface area contributed by atoms with E-state index in [0.29, 0.717) is 25.2 Å². The van der Waals surface area contributed by atoms with Gasteiger partial charge in [-0.3, -0.25) is 4.79 Å². The first-order valence-corrected chi connectivity index (χ1v) is 8.47. The van der Waals surface area contributed by atoms with Gasteiger partial charge in [-0.15, -0.1) is 0 Å². The predicted molar refractivity (Wildman–Crippen MR) is 91.5 cm³/mol. The van der Waals surface area contributed by atoms with Gasteiger partial charge in [-0.25, -0.2) is 0 Å². The lowest BCUT2D eigenvalue weighted by atomic mass is 10.2. The number of carbonyl (C=O) groups excluding carboxylic acids is 1. The van der Waals surface area contributed by atoms with Gasteiger partial charge in [0.05, 0.1) is 17.3 Å². The van der Waals surface area contributed by atoms with E-state index in [9.17, 15) is 9.90 Å². The molecule has 120 valence electrons. The second-order valence-electron chi connectivity index (χ2n) is 5.75. The van der Waals surface area contributed by atoms with E-state index in [1.807, 2.05) is 48.5 Å². The van der Waals surface area contributed by atoms with Crippen molar-refractivity contribution in [1.29, 1.82) is 0 Å². The number of hydrogen-bond acceptors (Lipinski definition) is 2. The molecule has 3 aromatic rings. The van der Waals surface area contributed by atoms with Crippen molar-refractivity contribution in [1.82, 2.24) is 4.57 Å². The molecule has 1 amide bonds. The van der Waals surface area contributed by atoms with Crippen molar-refractivity contribution in [3.8, 4) is 5.88 Å². The van der Waals surface area contributed by atoms with Crippen molar-refractivity contribution in [2.75, 3.05) is 6.54 Å². The Bertz CT molecular complexity index is 977. The second-order valence-corrected chi connectivity index (χ2v) is 6.67. The van der Waals surface area contributed by atoms with Gasteiger partial charge in [0.1, 0.15) is 0 Å². The van der Waals surface area contributed by atoms with E-state index >= 15 is 0 Å². The van der Waals surface area contributed by atoms with Crippen molar-refractivity contribution < 1.29 is 14.6 Å². The van der Waals surface area contributed by atoms with Crippen LogP contribution in [0.25, 0.3) is 10.9 Å². The molecule has 0 spiro atoms. The van der Waals surface area contributed by atoms with Crippen LogP contribution in [0.2, 0.25) is 0 Å². The third kappa shape index (κ3) is 2.53. The number of azo groups is 2. The zero-order valence-electron chi connectivity index (χ0n) is 12.8. The van der Waals surface area contributed by atoms with Crippen LogP contribution >= 0.6 is 15.9 Å². The van der Waals surface area contributed by atoms with Crippen molar-refractivity contribution in [2.45, 2.75) is 13.0 Å². The lowest BCUT2D eigenvalue weighted by Crippen LogP contribution is -2.08. The summed E-state index contributed by atoms with van der Waals surface area (Å²) < 4.78 is 4.19. The minimum Gasteiger partial charge on any atom is -0.855 e. The number of halogens is 1. The van der Waals surface area contributed by atoms with Crippen molar-refractivity contribution >= 4 is 38.4 Å². The number of amides is 1. The highest BCUT2D eigenvalue weighted by Gasteiger charge is 2.29. The number of carbonyl (C=O) groups is 1. The molecule has 24 heavy (non-hydrogen) atoms. The number of benzene rings is 2. The minimum atomic E-state index is -0.185. The van der Waals surface area contributed by atoms with Gasteiger partial charge in [0.2, 0.25) is 5.69 Å². The summed E-state index contributed by atoms with van der Waals surface area (Å²) in [4.78, 5) is 11.5. The van der Waals surface area contributed by atoms with Crippen LogP contribution in [0.1, 0.15) is 12.0 Å². The van der Waals surface area contributed by atoms with E-state index in [0.717, 1.165) is 20.9 Å². The van der Waals surface area contributed by atoms with E-state index in [-0.39, 0.29) is 11.8 Å². The van der Waals surface area contributed by atoms with Crippen LogP contribution in [0.3, 0.4) is 0 Å². The van der Waals surface area contributed by atoms with E-state index in [1.54, 1.807) is 9.26 Å². The van der Waals surface area contributed by atoms with Crippen LogP contribution in [-0.4, -0.2) is 21.7 Å². The quantitative estimate of drug-likeness (QED) is 0.649. The SMILES string of the molecule is O=C1CC[N+](c2c([O-])n(Cc3ccccc3)c3cc(Br)ccc23)=N1. The lowest BCUT2D eigenvalue weighted by molar-refractivity contribution is -0.500. The molecule has 2 heterocycles. The van der Waals surface area contributed by atoms with Crippen LogP contribution in [0.5, 0.6) is 5.88 Å². The second kappa shape index (κ2) is 5.87. The van der Waals surface area contributed by atoms with Crippen LogP contribution < -0.4 is 5.11 Å². The molecular formula is C18H14BrN3O2. The first-order chi connectivity index (χ1) is 11.6. The van der Waals surface area contributed by atoms with Crippen molar-refractivity contribution in [2.24, 2.45) is 5.11 Å². The maximum Gasteiger partial charge on any atom is 0.315 e. The number of hydrogen-bond donors (Lipinski definition) is 0. The Hall–Kier alpha value is -2.47. The van der Waals surface area contributed by atoms with Crippen LogP contribution in [0.15, 0.2) is 58.1 Å². The largest absolute Gasteiger partial charge is 0.855 e. The first-order valence-electron chi connectivity index (χ1n) is 7.68. The number of aromatic nitrogens is 1. The fourth-order valence-corrected chi connectivity index (χ4v) is 3.40. The summed E-state index contributed by atoms with van der Waals surface area (Å²) in [5.74, 6) is -0.305. The van der Waals surface area contributed by atoms with Crippen LogP contribution in [0.4, 0.5) is 5.69 Å². The molecule has 5 nitrogen and oxygen atoms in total. The van der Waals surface area contributed by atoms with Crippen molar-refractivity contribution in [3.63, 3.8) is 0 Å². The monoisotopic (exact) mass is 383 g/mol. The lowest BCUT2D eigenvalue weighted by Gasteiger charge is -2.13. The normalized spacial score (nSPS) is 14.4. The molecule has 0 radical (unpaired) electrons. The summed E-state index contributed by atoms with van der Waals surface area (Å²) in [6.07, 6.45) is 0.349. The van der Waals surface area contributed by atoms with Gasteiger partial charge in [-0.2, -0.15) is 0 Å². The Balaban J connectivity index is 1.93. The maximum atomic E-state index is 13.0. The number of nitrogens with zero attached hydrogens (tertiary/aromatic N) is 3. The summed E-state index contributed by atoms with van der Waals surface area (Å²) >= 11 is 3.47. The molecule has 1 aliphatic heterocycles. The third-order valence-corrected chi connectivity index (χ3v) is 4.66. The maximum absolute atomic E-state index is 13.0. The van der Waals surface area contributed by atoms with Gasteiger partial charge in [0.25, 0.3) is 0 Å². The molecule has 0 N–H and O–H groups in total. The zero-order valence-corrected chi connectivity index (χ0v) is 14.4. The summed E-state index contributed by atoms with van der Waals surface area (Å²) in [7, 11) is 0. The Morgan fingerprint density at radius 3 is 2.71 bits per heavy atom. The molecule has 0 aliphatic carbocycles. The average Bonchev–Trinajstić information content (AvgIpc) is 3.11. The highest BCUT2D eigenvalue weighted by atomic mass is 79.9. The first kappa shape index (κ1) is 15.1. The Morgan fingerprint density at radius 2 is 2.00 bits per heavy atom. The fraction of sp³-hybridized carbons (Fsp3) is 0.167. The third-order valence-electron chi connectivity index (χ3n) is 4.16. The summed E-state index contributed by atoms with van der Waals surface area (Å²) in [5.41, 5.74) is 2.37. The van der Waals surface area contributed by atoms with E-state index in [4.69, 9.17) is 0 Å². The Kier molecular flexibility index (Phi) is 3.69. The van der Waals surface area contributed by atoms with Gasteiger partial charge < -0.3 is 9.67 Å². The van der Waals surface area contributed by atoms with Gasteiger partial charge in [0.15, 0.2) is 6.54 Å². The highest BCUT2D eigenvalue weighted by molar-refractivity contribution is 9.10. The summed E-state index contributed by atoms with van der Waals surface area (Å²) in [6, 6.07) is 15.6. The van der Waals surface area contributed by atoms with Gasteiger partial charge >= 0.3 is 5.91 Å². The van der Waals surface area contributed by atoms with E-state index in [2.05, 4.69) is 21.0 Å². The molecule has 4 rings (SSSR count). The van der Waals surface area contributed by atoms with Crippen LogP contribution in [-0.2, 0) is 11.3 Å². The van der Waals surface area contributed by atoms with E-state index in [1.165, 1.54) is 0 Å². The molecule has 0 bridgehead atoms. The van der Waals surface area contributed by atoms with Gasteiger partial charge in [-0.1, -0.05) is 51.0 Å². The Labute approximate surface area is 147 Å². The predicted octanol–water partition coefficient (Wildman–Crippen LogP) is 3.55. The molecule has 1 aliphatic rings. The molecular weight excluding hydrogens is 370 g/mol. The van der Waals surface area contributed by atoms with Crippen LogP contribution in [0, 0.1) is 0 Å². The zero-order chi connectivity index (χ0) is 16.7. The average molecular weight is 384 g/mol. The molecule has 0 saturated carbocycles.